The maximum Gasteiger partial charge on any atom is 0.275 e. The average Bonchev–Trinajstić information content (AvgIpc) is 3.04. The molecule has 1 aromatic heterocycles. The van der Waals surface area contributed by atoms with Crippen LogP contribution in [-0.2, 0) is 13.1 Å². The normalized spacial score (nSPS) is 20.4. The summed E-state index contributed by atoms with van der Waals surface area (Å²) in [5, 5.41) is 12.6. The van der Waals surface area contributed by atoms with Crippen LogP contribution >= 0.6 is 11.8 Å². The van der Waals surface area contributed by atoms with E-state index in [-0.39, 0.29) is 34.8 Å². The zero-order valence-electron chi connectivity index (χ0n) is 15.3. The lowest BCUT2D eigenvalue weighted by Gasteiger charge is -2.34. The minimum Gasteiger partial charge on any atom is -0.503 e. The van der Waals surface area contributed by atoms with Gasteiger partial charge in [0.05, 0.1) is 11.9 Å². The van der Waals surface area contributed by atoms with Crippen molar-refractivity contribution >= 4 is 23.6 Å². The number of benzene rings is 1. The van der Waals surface area contributed by atoms with Crippen LogP contribution in [0.2, 0.25) is 0 Å². The number of fused-ring (bicyclic) bond motifs is 2. The smallest absolute Gasteiger partial charge is 0.275 e. The van der Waals surface area contributed by atoms with Gasteiger partial charge in [-0.15, -0.1) is 11.8 Å². The monoisotopic (exact) mass is 421 g/mol. The van der Waals surface area contributed by atoms with E-state index in [1.54, 1.807) is 16.7 Å². The van der Waals surface area contributed by atoms with Crippen molar-refractivity contribution in [2.45, 2.75) is 31.4 Å². The number of halogens is 2. The van der Waals surface area contributed by atoms with E-state index in [0.717, 1.165) is 11.8 Å². The lowest BCUT2D eigenvalue weighted by Crippen LogP contribution is -2.48. The maximum atomic E-state index is 13.7. The Balaban J connectivity index is 1.62. The number of aromatic nitrogens is 1. The number of nitrogens with zero attached hydrogens (tertiary/aromatic N) is 2. The van der Waals surface area contributed by atoms with Crippen molar-refractivity contribution in [3.63, 3.8) is 0 Å². The highest BCUT2D eigenvalue weighted by Gasteiger charge is 2.42. The van der Waals surface area contributed by atoms with Gasteiger partial charge in [0.1, 0.15) is 17.2 Å². The molecule has 2 aliphatic heterocycles. The number of amides is 2. The fourth-order valence-corrected chi connectivity index (χ4v) is 4.96. The first-order valence-corrected chi connectivity index (χ1v) is 9.95. The summed E-state index contributed by atoms with van der Waals surface area (Å²) in [6, 6.07) is 2.92. The zero-order valence-corrected chi connectivity index (χ0v) is 16.1. The van der Waals surface area contributed by atoms with Crippen LogP contribution in [-0.4, -0.2) is 43.6 Å². The van der Waals surface area contributed by atoms with E-state index in [0.29, 0.717) is 12.6 Å². The lowest BCUT2D eigenvalue weighted by atomic mass is 10.1. The van der Waals surface area contributed by atoms with Crippen LogP contribution in [0.15, 0.2) is 29.2 Å². The van der Waals surface area contributed by atoms with Crippen molar-refractivity contribution in [2.75, 3.05) is 5.75 Å². The first-order chi connectivity index (χ1) is 13.8. The van der Waals surface area contributed by atoms with Crippen molar-refractivity contribution < 1.29 is 23.5 Å². The number of nitrogens with one attached hydrogen (secondary N) is 1. The topological polar surface area (TPSA) is 91.6 Å². The number of carbonyl (C=O) groups is 2. The van der Waals surface area contributed by atoms with Crippen LogP contribution in [0.4, 0.5) is 8.78 Å². The van der Waals surface area contributed by atoms with E-state index >= 15 is 0 Å². The molecular weight excluding hydrogens is 404 g/mol. The van der Waals surface area contributed by atoms with E-state index in [1.807, 2.05) is 6.92 Å². The van der Waals surface area contributed by atoms with Gasteiger partial charge in [-0.1, -0.05) is 6.07 Å². The molecule has 10 heteroatoms. The second-order valence-corrected chi connectivity index (χ2v) is 8.20. The third kappa shape index (κ3) is 3.27. The average molecular weight is 421 g/mol. The summed E-state index contributed by atoms with van der Waals surface area (Å²) in [4.78, 5) is 39.4. The minimum absolute atomic E-state index is 0.0191. The Morgan fingerprint density at radius 3 is 2.83 bits per heavy atom. The Morgan fingerprint density at radius 2 is 2.10 bits per heavy atom. The Kier molecular flexibility index (Phi) is 4.81. The highest BCUT2D eigenvalue weighted by molar-refractivity contribution is 8.00. The summed E-state index contributed by atoms with van der Waals surface area (Å²) in [5.74, 6) is -2.88. The predicted octanol–water partition coefficient (Wildman–Crippen LogP) is 1.68. The first-order valence-electron chi connectivity index (χ1n) is 8.90. The number of thioether (sulfide) groups is 1. The van der Waals surface area contributed by atoms with Crippen LogP contribution in [0.1, 0.15) is 33.3 Å². The Morgan fingerprint density at radius 1 is 1.34 bits per heavy atom. The van der Waals surface area contributed by atoms with Gasteiger partial charge in [-0.3, -0.25) is 14.4 Å². The van der Waals surface area contributed by atoms with Crippen LogP contribution in [0.25, 0.3) is 0 Å². The van der Waals surface area contributed by atoms with Crippen LogP contribution in [0.3, 0.4) is 0 Å². The van der Waals surface area contributed by atoms with Crippen LogP contribution < -0.4 is 10.7 Å². The molecule has 3 heterocycles. The first kappa shape index (κ1) is 19.4. The quantitative estimate of drug-likeness (QED) is 0.787. The number of rotatable bonds is 3. The van der Waals surface area contributed by atoms with Crippen molar-refractivity contribution in [2.24, 2.45) is 0 Å². The fourth-order valence-electron chi connectivity index (χ4n) is 3.57. The molecule has 2 N–H and O–H groups in total. The molecule has 2 atom stereocenters. The Bertz CT molecular complexity index is 1090. The molecule has 0 radical (unpaired) electrons. The summed E-state index contributed by atoms with van der Waals surface area (Å²) in [6.45, 7) is 1.96. The van der Waals surface area contributed by atoms with Gasteiger partial charge < -0.3 is 19.9 Å². The standard InChI is InChI=1S/C19H17F2N3O4S/c1-9-8-29-14-7-23-6-12(16(25)17(26)15(23)19(28)24(9)14)18(27)22-5-10-2-3-11(20)4-13(10)21/h2-4,6,9,14,26H,5,7-8H2,1H3,(H,22,27)/t9-,14?/m0/s1. The van der Waals surface area contributed by atoms with Gasteiger partial charge in [0.15, 0.2) is 11.4 Å². The zero-order chi connectivity index (χ0) is 20.9. The van der Waals surface area contributed by atoms with Crippen LogP contribution in [0.5, 0.6) is 5.75 Å². The number of hydrogen-bond donors (Lipinski definition) is 2. The third-order valence-electron chi connectivity index (χ3n) is 5.06. The van der Waals surface area contributed by atoms with Crippen molar-refractivity contribution in [3.8, 4) is 5.75 Å². The van der Waals surface area contributed by atoms with E-state index in [1.165, 1.54) is 16.8 Å². The highest BCUT2D eigenvalue weighted by Crippen LogP contribution is 2.36. The molecule has 1 unspecified atom stereocenters. The number of aromatic hydroxyl groups is 1. The fraction of sp³-hybridized carbons (Fsp3) is 0.316. The molecule has 7 nitrogen and oxygen atoms in total. The molecule has 1 fully saturated rings. The van der Waals surface area contributed by atoms with E-state index in [2.05, 4.69) is 5.32 Å². The molecule has 0 spiro atoms. The van der Waals surface area contributed by atoms with Crippen molar-refractivity contribution in [3.05, 3.63) is 63.1 Å². The van der Waals surface area contributed by atoms with E-state index < -0.39 is 34.6 Å². The molecule has 0 aliphatic carbocycles. The molecule has 2 aliphatic rings. The van der Waals surface area contributed by atoms with Crippen LogP contribution in [0, 0.1) is 11.6 Å². The second kappa shape index (κ2) is 7.18. The highest BCUT2D eigenvalue weighted by atomic mass is 32.2. The molecule has 4 rings (SSSR count). The van der Waals surface area contributed by atoms with E-state index in [9.17, 15) is 28.3 Å². The third-order valence-corrected chi connectivity index (χ3v) is 6.50. The number of carbonyl (C=O) groups excluding carboxylic acids is 2. The molecule has 2 amide bonds. The molecule has 152 valence electrons. The molecule has 1 aromatic carbocycles. The van der Waals surface area contributed by atoms with Gasteiger partial charge in [0.25, 0.3) is 11.8 Å². The largest absolute Gasteiger partial charge is 0.503 e. The maximum absolute atomic E-state index is 13.7. The van der Waals surface area contributed by atoms with Gasteiger partial charge in [-0.05, 0) is 13.0 Å². The van der Waals surface area contributed by atoms with Gasteiger partial charge >= 0.3 is 0 Å². The molecular formula is C19H17F2N3O4S. The minimum atomic E-state index is -0.973. The molecule has 1 saturated heterocycles. The summed E-state index contributed by atoms with van der Waals surface area (Å²) in [5.41, 5.74) is -1.42. The van der Waals surface area contributed by atoms with E-state index in [4.69, 9.17) is 0 Å². The van der Waals surface area contributed by atoms with Gasteiger partial charge in [0, 0.05) is 36.2 Å². The Labute approximate surface area is 168 Å². The van der Waals surface area contributed by atoms with Gasteiger partial charge in [-0.2, -0.15) is 0 Å². The summed E-state index contributed by atoms with van der Waals surface area (Å²) in [6.07, 6.45) is 1.24. The van der Waals surface area contributed by atoms with Crippen molar-refractivity contribution in [1.29, 1.82) is 0 Å². The summed E-state index contributed by atoms with van der Waals surface area (Å²) >= 11 is 1.59. The van der Waals surface area contributed by atoms with Crippen molar-refractivity contribution in [1.82, 2.24) is 14.8 Å². The molecule has 2 aromatic rings. The lowest BCUT2D eigenvalue weighted by molar-refractivity contribution is 0.0634. The molecule has 0 bridgehead atoms. The SMILES string of the molecule is C[C@H]1CSC2Cn3cc(C(=O)NCc4ccc(F)cc4F)c(=O)c(O)c3C(=O)N21. The summed E-state index contributed by atoms with van der Waals surface area (Å²) in [7, 11) is 0. The Hall–Kier alpha value is -2.88. The molecule has 0 saturated carbocycles. The molecule has 29 heavy (non-hydrogen) atoms. The number of hydrogen-bond acceptors (Lipinski definition) is 5. The second-order valence-electron chi connectivity index (χ2n) is 6.99. The number of pyridine rings is 1. The predicted molar refractivity (Wildman–Crippen MR) is 102 cm³/mol. The van der Waals surface area contributed by atoms with Gasteiger partial charge in [0.2, 0.25) is 5.43 Å². The van der Waals surface area contributed by atoms with Gasteiger partial charge in [-0.25, -0.2) is 8.78 Å². The summed E-state index contributed by atoms with van der Waals surface area (Å²) < 4.78 is 28.1.